The van der Waals surface area contributed by atoms with Gasteiger partial charge in [-0.3, -0.25) is 4.90 Å². The van der Waals surface area contributed by atoms with E-state index in [1.165, 1.54) is 45.1 Å². The van der Waals surface area contributed by atoms with Crippen molar-refractivity contribution < 1.29 is 5.11 Å². The Morgan fingerprint density at radius 3 is 2.40 bits per heavy atom. The smallest absolute Gasteiger partial charge is 0.0558 e. The molecular weight excluding hydrogens is 254 g/mol. The zero-order chi connectivity index (χ0) is 10.7. The number of rotatable bonds is 6. The van der Waals surface area contributed by atoms with Gasteiger partial charge in [-0.15, -0.1) is 0 Å². The lowest BCUT2D eigenvalue weighted by molar-refractivity contribution is 0.133. The van der Waals surface area contributed by atoms with Gasteiger partial charge in [0.15, 0.2) is 0 Å². The molecule has 1 N–H and O–H groups in total. The molecule has 0 radical (unpaired) electrons. The van der Waals surface area contributed by atoms with E-state index < -0.39 is 0 Å². The zero-order valence-corrected chi connectivity index (χ0v) is 11.0. The standard InChI is InChI=1S/C12H22BrNO/c13-9-12(5-1-2-6-12)10-14(7-8-15)11-3-4-11/h11,15H,1-10H2. The van der Waals surface area contributed by atoms with Crippen LogP contribution in [0.25, 0.3) is 0 Å². The molecule has 2 nitrogen and oxygen atoms in total. The van der Waals surface area contributed by atoms with Crippen LogP contribution >= 0.6 is 15.9 Å². The average Bonchev–Trinajstić information content (AvgIpc) is 3.00. The Morgan fingerprint density at radius 1 is 1.27 bits per heavy atom. The molecule has 0 unspecified atom stereocenters. The Labute approximate surface area is 101 Å². The molecule has 0 bridgehead atoms. The molecule has 0 aromatic carbocycles. The molecule has 0 aromatic rings. The predicted octanol–water partition coefficient (Wildman–Crippen LogP) is 2.40. The largest absolute Gasteiger partial charge is 0.395 e. The van der Waals surface area contributed by atoms with E-state index in [9.17, 15) is 0 Å². The number of hydrogen-bond acceptors (Lipinski definition) is 2. The number of nitrogens with zero attached hydrogens (tertiary/aromatic N) is 1. The van der Waals surface area contributed by atoms with Crippen molar-refractivity contribution in [2.75, 3.05) is 25.0 Å². The molecule has 0 spiro atoms. The summed E-state index contributed by atoms with van der Waals surface area (Å²) in [6.45, 7) is 2.39. The first-order valence-corrected chi connectivity index (χ1v) is 7.33. The second kappa shape index (κ2) is 5.15. The maximum Gasteiger partial charge on any atom is 0.0558 e. The first-order chi connectivity index (χ1) is 7.29. The van der Waals surface area contributed by atoms with E-state index in [0.717, 1.165) is 17.9 Å². The molecule has 0 amide bonds. The van der Waals surface area contributed by atoms with Gasteiger partial charge in [0.05, 0.1) is 6.61 Å². The van der Waals surface area contributed by atoms with Crippen LogP contribution in [0.3, 0.4) is 0 Å². The molecule has 2 saturated carbocycles. The molecule has 2 aliphatic carbocycles. The second-order valence-corrected chi connectivity index (χ2v) is 5.83. The van der Waals surface area contributed by atoms with Crippen LogP contribution in [0.15, 0.2) is 0 Å². The molecule has 2 rings (SSSR count). The van der Waals surface area contributed by atoms with Crippen molar-refractivity contribution in [2.24, 2.45) is 5.41 Å². The molecule has 15 heavy (non-hydrogen) atoms. The van der Waals surface area contributed by atoms with Crippen LogP contribution in [0, 0.1) is 5.41 Å². The summed E-state index contributed by atoms with van der Waals surface area (Å²) in [6.07, 6.45) is 8.21. The lowest BCUT2D eigenvalue weighted by Gasteiger charge is -2.34. The van der Waals surface area contributed by atoms with Crippen LogP contribution in [-0.4, -0.2) is 41.1 Å². The van der Waals surface area contributed by atoms with Crippen LogP contribution in [0.2, 0.25) is 0 Å². The van der Waals surface area contributed by atoms with Crippen molar-refractivity contribution >= 4 is 15.9 Å². The molecule has 0 aromatic heterocycles. The predicted molar refractivity (Wildman–Crippen MR) is 66.4 cm³/mol. The van der Waals surface area contributed by atoms with Crippen molar-refractivity contribution in [3.05, 3.63) is 0 Å². The van der Waals surface area contributed by atoms with E-state index >= 15 is 0 Å². The Morgan fingerprint density at radius 2 is 1.93 bits per heavy atom. The summed E-state index contributed by atoms with van der Waals surface area (Å²) in [4.78, 5) is 2.52. The van der Waals surface area contributed by atoms with Gasteiger partial charge < -0.3 is 5.11 Å². The van der Waals surface area contributed by atoms with E-state index in [-0.39, 0.29) is 0 Å². The van der Waals surface area contributed by atoms with Crippen LogP contribution < -0.4 is 0 Å². The highest BCUT2D eigenvalue weighted by Crippen LogP contribution is 2.42. The van der Waals surface area contributed by atoms with Gasteiger partial charge in [0.1, 0.15) is 0 Å². The van der Waals surface area contributed by atoms with Crippen molar-refractivity contribution in [3.63, 3.8) is 0 Å². The fourth-order valence-electron chi connectivity index (χ4n) is 2.85. The summed E-state index contributed by atoms with van der Waals surface area (Å²) in [7, 11) is 0. The summed E-state index contributed by atoms with van der Waals surface area (Å²) in [6, 6.07) is 0.786. The van der Waals surface area contributed by atoms with Gasteiger partial charge in [-0.25, -0.2) is 0 Å². The highest BCUT2D eigenvalue weighted by molar-refractivity contribution is 9.09. The maximum atomic E-state index is 9.09. The third-order valence-corrected chi connectivity index (χ3v) is 5.13. The van der Waals surface area contributed by atoms with Gasteiger partial charge in [-0.1, -0.05) is 28.8 Å². The third-order valence-electron chi connectivity index (χ3n) is 3.94. The molecule has 0 saturated heterocycles. The fourth-order valence-corrected chi connectivity index (χ4v) is 3.59. The molecule has 0 atom stereocenters. The lowest BCUT2D eigenvalue weighted by atomic mass is 9.88. The summed E-state index contributed by atoms with van der Waals surface area (Å²) in [5.74, 6) is 0. The molecule has 2 fully saturated rings. The topological polar surface area (TPSA) is 23.5 Å². The van der Waals surface area contributed by atoms with Gasteiger partial charge in [-0.05, 0) is 31.1 Å². The summed E-state index contributed by atoms with van der Waals surface area (Å²) >= 11 is 3.69. The first kappa shape index (κ1) is 11.9. The zero-order valence-electron chi connectivity index (χ0n) is 9.42. The van der Waals surface area contributed by atoms with Gasteiger partial charge >= 0.3 is 0 Å². The molecule has 0 heterocycles. The van der Waals surface area contributed by atoms with Crippen LogP contribution in [0.1, 0.15) is 38.5 Å². The van der Waals surface area contributed by atoms with Gasteiger partial charge in [-0.2, -0.15) is 0 Å². The minimum atomic E-state index is 0.314. The Kier molecular flexibility index (Phi) is 4.08. The highest BCUT2D eigenvalue weighted by Gasteiger charge is 2.38. The Hall–Kier alpha value is 0.400. The Balaban J connectivity index is 1.90. The third kappa shape index (κ3) is 2.95. The Bertz CT molecular complexity index is 200. The van der Waals surface area contributed by atoms with E-state index in [4.69, 9.17) is 5.11 Å². The molecule has 88 valence electrons. The number of hydrogen-bond donors (Lipinski definition) is 1. The van der Waals surface area contributed by atoms with Crippen LogP contribution in [-0.2, 0) is 0 Å². The molecule has 2 aliphatic rings. The van der Waals surface area contributed by atoms with Crippen molar-refractivity contribution in [1.29, 1.82) is 0 Å². The van der Waals surface area contributed by atoms with Gasteiger partial charge in [0, 0.05) is 24.5 Å². The van der Waals surface area contributed by atoms with E-state index in [2.05, 4.69) is 20.8 Å². The quantitative estimate of drug-likeness (QED) is 0.753. The fraction of sp³-hybridized carbons (Fsp3) is 1.00. The van der Waals surface area contributed by atoms with Gasteiger partial charge in [0.2, 0.25) is 0 Å². The molecular formula is C12H22BrNO. The summed E-state index contributed by atoms with van der Waals surface area (Å²) in [5, 5.41) is 10.2. The summed E-state index contributed by atoms with van der Waals surface area (Å²) < 4.78 is 0. The maximum absolute atomic E-state index is 9.09. The van der Waals surface area contributed by atoms with Crippen molar-refractivity contribution in [1.82, 2.24) is 4.90 Å². The number of halogens is 1. The SMILES string of the molecule is OCCN(CC1(CBr)CCCC1)C1CC1. The number of aliphatic hydroxyl groups excluding tert-OH is 1. The second-order valence-electron chi connectivity index (χ2n) is 5.27. The first-order valence-electron chi connectivity index (χ1n) is 6.20. The molecule has 3 heteroatoms. The summed E-state index contributed by atoms with van der Waals surface area (Å²) in [5.41, 5.74) is 0.512. The van der Waals surface area contributed by atoms with E-state index in [0.29, 0.717) is 12.0 Å². The van der Waals surface area contributed by atoms with Crippen LogP contribution in [0.4, 0.5) is 0 Å². The lowest BCUT2D eigenvalue weighted by Crippen LogP contribution is -2.40. The molecule has 0 aliphatic heterocycles. The van der Waals surface area contributed by atoms with E-state index in [1.807, 2.05) is 0 Å². The minimum absolute atomic E-state index is 0.314. The highest BCUT2D eigenvalue weighted by atomic mass is 79.9. The van der Waals surface area contributed by atoms with Crippen LogP contribution in [0.5, 0.6) is 0 Å². The monoisotopic (exact) mass is 275 g/mol. The minimum Gasteiger partial charge on any atom is -0.395 e. The average molecular weight is 276 g/mol. The van der Waals surface area contributed by atoms with E-state index in [1.54, 1.807) is 0 Å². The van der Waals surface area contributed by atoms with Crippen molar-refractivity contribution in [3.8, 4) is 0 Å². The van der Waals surface area contributed by atoms with Crippen molar-refractivity contribution in [2.45, 2.75) is 44.6 Å². The van der Waals surface area contributed by atoms with Gasteiger partial charge in [0.25, 0.3) is 0 Å². The number of aliphatic hydroxyl groups is 1. The normalized spacial score (nSPS) is 25.0. The number of alkyl halides is 1.